The minimum absolute atomic E-state index is 0.0507. The van der Waals surface area contributed by atoms with Crippen molar-refractivity contribution in [3.05, 3.63) is 40.4 Å². The van der Waals surface area contributed by atoms with E-state index >= 15 is 0 Å². The molecule has 0 fully saturated rings. The van der Waals surface area contributed by atoms with Crippen LogP contribution in [-0.2, 0) is 27.2 Å². The minimum atomic E-state index is -0.715. The van der Waals surface area contributed by atoms with Crippen LogP contribution in [0.4, 0.5) is 10.8 Å². The number of nitrogens with one attached hydrogen (secondary N) is 2. The second kappa shape index (κ2) is 9.10. The number of esters is 1. The molecule has 1 aromatic carbocycles. The fourth-order valence-corrected chi connectivity index (χ4v) is 3.09. The minimum Gasteiger partial charge on any atom is -0.451 e. The third-order valence-corrected chi connectivity index (χ3v) is 4.35. The van der Waals surface area contributed by atoms with Crippen molar-refractivity contribution in [3.8, 4) is 0 Å². The van der Waals surface area contributed by atoms with Gasteiger partial charge in [-0.2, -0.15) is 0 Å². The number of anilines is 2. The first-order valence-electron chi connectivity index (χ1n) is 8.25. The number of carbonyl (C=O) groups excluding carboxylic acids is 3. The molecule has 138 valence electrons. The Balaban J connectivity index is 1.96. The summed E-state index contributed by atoms with van der Waals surface area (Å²) in [6.07, 6.45) is 1.57. The normalized spacial score (nSPS) is 10.3. The number of benzene rings is 1. The molecule has 0 radical (unpaired) electrons. The first kappa shape index (κ1) is 19.6. The van der Waals surface area contributed by atoms with Crippen LogP contribution in [0.2, 0.25) is 0 Å². The molecule has 0 spiro atoms. The molecule has 0 saturated carbocycles. The van der Waals surface area contributed by atoms with Gasteiger partial charge in [0, 0.05) is 18.0 Å². The molecule has 1 heterocycles. The summed E-state index contributed by atoms with van der Waals surface area (Å²) in [6, 6.07) is 5.88. The Labute approximate surface area is 155 Å². The zero-order valence-corrected chi connectivity index (χ0v) is 15.7. The third kappa shape index (κ3) is 5.13. The fraction of sp³-hybridized carbons (Fsp3) is 0.333. The van der Waals surface area contributed by atoms with Crippen LogP contribution >= 0.6 is 11.3 Å². The van der Waals surface area contributed by atoms with Gasteiger partial charge < -0.3 is 15.4 Å². The van der Waals surface area contributed by atoms with E-state index in [1.54, 1.807) is 0 Å². The summed E-state index contributed by atoms with van der Waals surface area (Å²) < 4.78 is 5.01. The number of carbonyl (C=O) groups is 3. The molecule has 0 aliphatic carbocycles. The van der Waals surface area contributed by atoms with Crippen LogP contribution in [0.1, 0.15) is 42.4 Å². The second-order valence-electron chi connectivity index (χ2n) is 5.50. The van der Waals surface area contributed by atoms with Crippen LogP contribution in [0, 0.1) is 0 Å². The van der Waals surface area contributed by atoms with Crippen LogP contribution in [0.15, 0.2) is 23.6 Å². The fourth-order valence-electron chi connectivity index (χ4n) is 2.36. The summed E-state index contributed by atoms with van der Waals surface area (Å²) in [5, 5.41) is 7.08. The highest BCUT2D eigenvalue weighted by molar-refractivity contribution is 7.14. The van der Waals surface area contributed by atoms with E-state index in [1.165, 1.54) is 12.3 Å². The number of para-hydroxylation sites is 1. The van der Waals surface area contributed by atoms with Gasteiger partial charge in [0.25, 0.3) is 5.91 Å². The van der Waals surface area contributed by atoms with Gasteiger partial charge in [0.15, 0.2) is 17.4 Å². The van der Waals surface area contributed by atoms with Crippen molar-refractivity contribution in [2.75, 3.05) is 17.2 Å². The number of thiazole rings is 1. The molecule has 8 heteroatoms. The molecule has 2 aromatic rings. The van der Waals surface area contributed by atoms with Gasteiger partial charge >= 0.3 is 5.97 Å². The van der Waals surface area contributed by atoms with Crippen molar-refractivity contribution < 1.29 is 19.1 Å². The van der Waals surface area contributed by atoms with Crippen LogP contribution in [0.25, 0.3) is 0 Å². The Morgan fingerprint density at radius 2 is 1.77 bits per heavy atom. The molecule has 0 aliphatic rings. The number of ether oxygens (including phenoxy) is 1. The predicted octanol–water partition coefficient (Wildman–Crippen LogP) is 3.02. The van der Waals surface area contributed by atoms with Gasteiger partial charge in [0.2, 0.25) is 5.91 Å². The standard InChI is InChI=1S/C18H21N3O4S/c1-4-12-7-6-8-13(5-2)16(12)21-15(23)9-25-17(24)14-10-26-18(20-14)19-11(3)22/h6-8,10H,4-5,9H2,1-3H3,(H,21,23)(H,19,20,22). The van der Waals surface area contributed by atoms with Crippen molar-refractivity contribution in [2.45, 2.75) is 33.6 Å². The van der Waals surface area contributed by atoms with Gasteiger partial charge in [-0.25, -0.2) is 9.78 Å². The molecule has 26 heavy (non-hydrogen) atoms. The van der Waals surface area contributed by atoms with Gasteiger partial charge in [0.05, 0.1) is 0 Å². The maximum Gasteiger partial charge on any atom is 0.358 e. The van der Waals surface area contributed by atoms with E-state index in [1.807, 2.05) is 32.0 Å². The highest BCUT2D eigenvalue weighted by Gasteiger charge is 2.16. The summed E-state index contributed by atoms with van der Waals surface area (Å²) in [4.78, 5) is 39.1. The van der Waals surface area contributed by atoms with Crippen LogP contribution in [0.3, 0.4) is 0 Å². The maximum absolute atomic E-state index is 12.2. The maximum atomic E-state index is 12.2. The number of nitrogens with zero attached hydrogens (tertiary/aromatic N) is 1. The molecule has 0 atom stereocenters. The number of hydrogen-bond donors (Lipinski definition) is 2. The van der Waals surface area contributed by atoms with Gasteiger partial charge in [-0.15, -0.1) is 11.3 Å². The SMILES string of the molecule is CCc1cccc(CC)c1NC(=O)COC(=O)c1csc(NC(C)=O)n1. The highest BCUT2D eigenvalue weighted by Crippen LogP contribution is 2.22. The molecule has 2 N–H and O–H groups in total. The molecule has 1 aromatic heterocycles. The largest absolute Gasteiger partial charge is 0.451 e. The van der Waals surface area contributed by atoms with E-state index in [4.69, 9.17) is 4.74 Å². The average Bonchev–Trinajstić information content (AvgIpc) is 3.07. The second-order valence-corrected chi connectivity index (χ2v) is 6.36. The summed E-state index contributed by atoms with van der Waals surface area (Å²) in [7, 11) is 0. The van der Waals surface area contributed by atoms with Crippen molar-refractivity contribution in [1.29, 1.82) is 0 Å². The first-order valence-corrected chi connectivity index (χ1v) is 9.13. The monoisotopic (exact) mass is 375 g/mol. The Hall–Kier alpha value is -2.74. The van der Waals surface area contributed by atoms with Gasteiger partial charge in [-0.05, 0) is 24.0 Å². The van der Waals surface area contributed by atoms with E-state index < -0.39 is 18.5 Å². The molecule has 0 bridgehead atoms. The predicted molar refractivity (Wildman–Crippen MR) is 101 cm³/mol. The molecule has 0 aliphatic heterocycles. The van der Waals surface area contributed by atoms with E-state index in [-0.39, 0.29) is 11.6 Å². The average molecular weight is 375 g/mol. The number of hydrogen-bond acceptors (Lipinski definition) is 6. The topological polar surface area (TPSA) is 97.4 Å². The van der Waals surface area contributed by atoms with E-state index in [0.29, 0.717) is 5.13 Å². The Kier molecular flexibility index (Phi) is 6.85. The molecular formula is C18H21N3O4S. The van der Waals surface area contributed by atoms with Crippen LogP contribution < -0.4 is 10.6 Å². The molecular weight excluding hydrogens is 354 g/mol. The number of aromatic nitrogens is 1. The Morgan fingerprint density at radius 3 is 2.35 bits per heavy atom. The van der Waals surface area contributed by atoms with Crippen molar-refractivity contribution >= 4 is 39.9 Å². The summed E-state index contributed by atoms with van der Waals surface area (Å²) >= 11 is 1.11. The summed E-state index contributed by atoms with van der Waals surface area (Å²) in [6.45, 7) is 4.97. The van der Waals surface area contributed by atoms with Gasteiger partial charge in [0.1, 0.15) is 0 Å². The van der Waals surface area contributed by atoms with E-state index in [9.17, 15) is 14.4 Å². The Bertz CT molecular complexity index is 794. The third-order valence-electron chi connectivity index (χ3n) is 3.59. The quantitative estimate of drug-likeness (QED) is 0.725. The molecule has 0 saturated heterocycles. The molecule has 7 nitrogen and oxygen atoms in total. The lowest BCUT2D eigenvalue weighted by molar-refractivity contribution is -0.119. The van der Waals surface area contributed by atoms with Crippen LogP contribution in [-0.4, -0.2) is 29.4 Å². The lowest BCUT2D eigenvalue weighted by Crippen LogP contribution is -2.22. The molecule has 0 unspecified atom stereocenters. The Morgan fingerprint density at radius 1 is 1.12 bits per heavy atom. The van der Waals surface area contributed by atoms with Gasteiger partial charge in [-0.1, -0.05) is 32.0 Å². The first-order chi connectivity index (χ1) is 12.4. The smallest absolute Gasteiger partial charge is 0.358 e. The summed E-state index contributed by atoms with van der Waals surface area (Å²) in [5.74, 6) is -1.40. The van der Waals surface area contributed by atoms with E-state index in [2.05, 4.69) is 15.6 Å². The number of amides is 2. The number of aryl methyl sites for hydroxylation is 2. The molecule has 2 rings (SSSR count). The zero-order valence-electron chi connectivity index (χ0n) is 14.9. The van der Waals surface area contributed by atoms with Crippen molar-refractivity contribution in [1.82, 2.24) is 4.98 Å². The van der Waals surface area contributed by atoms with Crippen LogP contribution in [0.5, 0.6) is 0 Å². The lowest BCUT2D eigenvalue weighted by atomic mass is 10.0. The van der Waals surface area contributed by atoms with Gasteiger partial charge in [-0.3, -0.25) is 9.59 Å². The zero-order chi connectivity index (χ0) is 19.1. The summed E-state index contributed by atoms with van der Waals surface area (Å²) in [5.41, 5.74) is 2.89. The number of rotatable bonds is 7. The van der Waals surface area contributed by atoms with Crippen molar-refractivity contribution in [3.63, 3.8) is 0 Å². The van der Waals surface area contributed by atoms with E-state index in [0.717, 1.165) is 41.0 Å². The highest BCUT2D eigenvalue weighted by atomic mass is 32.1. The lowest BCUT2D eigenvalue weighted by Gasteiger charge is -2.14. The molecule has 2 amide bonds. The van der Waals surface area contributed by atoms with Crippen molar-refractivity contribution in [2.24, 2.45) is 0 Å².